The summed E-state index contributed by atoms with van der Waals surface area (Å²) in [5.74, 6) is -0.0720. The third-order valence-electron chi connectivity index (χ3n) is 5.46. The van der Waals surface area contributed by atoms with E-state index in [0.29, 0.717) is 26.3 Å². The minimum Gasteiger partial charge on any atom is -0.382 e. The van der Waals surface area contributed by atoms with Crippen molar-refractivity contribution < 1.29 is 14.3 Å². The van der Waals surface area contributed by atoms with Gasteiger partial charge in [-0.05, 0) is 54.8 Å². The molecule has 0 saturated carbocycles. The van der Waals surface area contributed by atoms with Crippen LogP contribution in [0, 0.1) is 6.92 Å². The van der Waals surface area contributed by atoms with Gasteiger partial charge in [0.2, 0.25) is 11.8 Å². The molecule has 0 radical (unpaired) electrons. The van der Waals surface area contributed by atoms with Crippen LogP contribution >= 0.6 is 11.3 Å². The highest BCUT2D eigenvalue weighted by Crippen LogP contribution is 2.38. The number of hydrogen-bond acceptors (Lipinski definition) is 4. The van der Waals surface area contributed by atoms with Gasteiger partial charge in [0.05, 0.1) is 12.6 Å². The molecule has 1 aromatic carbocycles. The summed E-state index contributed by atoms with van der Waals surface area (Å²) in [6.45, 7) is 8.16. The highest BCUT2D eigenvalue weighted by molar-refractivity contribution is 7.10. The van der Waals surface area contributed by atoms with Gasteiger partial charge in [-0.25, -0.2) is 0 Å². The highest BCUT2D eigenvalue weighted by atomic mass is 32.1. The molecule has 0 aliphatic carbocycles. The number of thiophene rings is 1. The Morgan fingerprint density at radius 1 is 1.24 bits per heavy atom. The van der Waals surface area contributed by atoms with E-state index < -0.39 is 0 Å². The monoisotopic (exact) mass is 414 g/mol. The Hall–Kier alpha value is -2.18. The van der Waals surface area contributed by atoms with Crippen molar-refractivity contribution in [3.8, 4) is 0 Å². The van der Waals surface area contributed by atoms with E-state index in [9.17, 15) is 9.59 Å². The number of ether oxygens (including phenoxy) is 1. The maximum absolute atomic E-state index is 13.3. The summed E-state index contributed by atoms with van der Waals surface area (Å²) >= 11 is 1.76. The first kappa shape index (κ1) is 21.5. The third kappa shape index (κ3) is 5.06. The van der Waals surface area contributed by atoms with Gasteiger partial charge < -0.3 is 14.5 Å². The maximum atomic E-state index is 13.3. The van der Waals surface area contributed by atoms with Gasteiger partial charge in [-0.15, -0.1) is 11.3 Å². The zero-order valence-electron chi connectivity index (χ0n) is 17.5. The molecule has 1 atom stereocenters. The van der Waals surface area contributed by atoms with Crippen LogP contribution in [0.15, 0.2) is 35.7 Å². The standard InChI is InChI=1S/C23H30N2O3S/c1-4-28-14-7-12-24(18(3)26)16-22(27)25-13-10-21-20(11-15-29-21)23(25)19-9-6-5-8-17(19)2/h5-6,8-9,11,15,23H,4,7,10,12-14,16H2,1-3H3. The van der Waals surface area contributed by atoms with Crippen LogP contribution in [0.2, 0.25) is 0 Å². The van der Waals surface area contributed by atoms with Crippen molar-refractivity contribution in [2.75, 3.05) is 32.8 Å². The van der Waals surface area contributed by atoms with Crippen molar-refractivity contribution in [2.24, 2.45) is 0 Å². The van der Waals surface area contributed by atoms with Crippen LogP contribution in [-0.2, 0) is 20.7 Å². The second kappa shape index (κ2) is 10.0. The first-order valence-electron chi connectivity index (χ1n) is 10.3. The summed E-state index contributed by atoms with van der Waals surface area (Å²) in [4.78, 5) is 30.4. The molecule has 29 heavy (non-hydrogen) atoms. The first-order chi connectivity index (χ1) is 14.0. The lowest BCUT2D eigenvalue weighted by Gasteiger charge is -2.38. The van der Waals surface area contributed by atoms with Crippen molar-refractivity contribution >= 4 is 23.2 Å². The van der Waals surface area contributed by atoms with E-state index >= 15 is 0 Å². The van der Waals surface area contributed by atoms with Crippen molar-refractivity contribution in [3.05, 3.63) is 57.3 Å². The van der Waals surface area contributed by atoms with Crippen molar-refractivity contribution in [1.29, 1.82) is 0 Å². The van der Waals surface area contributed by atoms with Crippen molar-refractivity contribution in [2.45, 2.75) is 39.7 Å². The Balaban J connectivity index is 1.81. The van der Waals surface area contributed by atoms with Crippen LogP contribution in [-0.4, -0.2) is 54.5 Å². The fraction of sp³-hybridized carbons (Fsp3) is 0.478. The molecule has 1 aliphatic rings. The van der Waals surface area contributed by atoms with Crippen molar-refractivity contribution in [1.82, 2.24) is 9.80 Å². The van der Waals surface area contributed by atoms with Gasteiger partial charge in [0.1, 0.15) is 0 Å². The summed E-state index contributed by atoms with van der Waals surface area (Å²) in [5, 5.41) is 2.11. The average molecular weight is 415 g/mol. The molecule has 0 N–H and O–H groups in total. The maximum Gasteiger partial charge on any atom is 0.242 e. The summed E-state index contributed by atoms with van der Waals surface area (Å²) in [6.07, 6.45) is 1.60. The smallest absolute Gasteiger partial charge is 0.242 e. The van der Waals surface area contributed by atoms with E-state index in [1.807, 2.05) is 24.0 Å². The number of fused-ring (bicyclic) bond motifs is 1. The largest absolute Gasteiger partial charge is 0.382 e. The van der Waals surface area contributed by atoms with E-state index in [1.54, 1.807) is 16.2 Å². The predicted octanol–water partition coefficient (Wildman–Crippen LogP) is 3.81. The van der Waals surface area contributed by atoms with Crippen LogP contribution in [0.5, 0.6) is 0 Å². The van der Waals surface area contributed by atoms with Crippen LogP contribution in [0.4, 0.5) is 0 Å². The van der Waals surface area contributed by atoms with Crippen LogP contribution in [0.3, 0.4) is 0 Å². The van der Waals surface area contributed by atoms with E-state index in [2.05, 4.69) is 30.5 Å². The van der Waals surface area contributed by atoms with Crippen LogP contribution in [0.25, 0.3) is 0 Å². The number of benzene rings is 1. The topological polar surface area (TPSA) is 49.9 Å². The number of carbonyl (C=O) groups is 2. The van der Waals surface area contributed by atoms with E-state index in [0.717, 1.165) is 18.4 Å². The minimum atomic E-state index is -0.0871. The number of amides is 2. The SMILES string of the molecule is CCOCCCN(CC(=O)N1CCc2sccc2C1c1ccccc1C)C(C)=O. The second-order valence-corrected chi connectivity index (χ2v) is 8.39. The lowest BCUT2D eigenvalue weighted by atomic mass is 9.90. The highest BCUT2D eigenvalue weighted by Gasteiger charge is 2.34. The number of hydrogen-bond donors (Lipinski definition) is 0. The molecular formula is C23H30N2O3S. The lowest BCUT2D eigenvalue weighted by Crippen LogP contribution is -2.46. The molecule has 0 bridgehead atoms. The summed E-state index contributed by atoms with van der Waals surface area (Å²) in [7, 11) is 0. The summed E-state index contributed by atoms with van der Waals surface area (Å²) in [5.41, 5.74) is 3.55. The van der Waals surface area contributed by atoms with E-state index in [-0.39, 0.29) is 24.4 Å². The fourth-order valence-corrected chi connectivity index (χ4v) is 4.82. The lowest BCUT2D eigenvalue weighted by molar-refractivity contribution is -0.140. The molecule has 0 saturated heterocycles. The minimum absolute atomic E-state index is 0.00159. The van der Waals surface area contributed by atoms with Crippen molar-refractivity contribution in [3.63, 3.8) is 0 Å². The molecule has 2 aromatic rings. The van der Waals surface area contributed by atoms with Crippen LogP contribution in [0.1, 0.15) is 47.9 Å². The van der Waals surface area contributed by atoms with E-state index in [1.165, 1.54) is 22.9 Å². The van der Waals surface area contributed by atoms with Gasteiger partial charge >= 0.3 is 0 Å². The Morgan fingerprint density at radius 2 is 2.03 bits per heavy atom. The van der Waals surface area contributed by atoms with Gasteiger partial charge in [0.15, 0.2) is 0 Å². The molecule has 3 rings (SSSR count). The molecule has 1 unspecified atom stereocenters. The summed E-state index contributed by atoms with van der Waals surface area (Å²) < 4.78 is 5.37. The first-order valence-corrected chi connectivity index (χ1v) is 11.2. The normalized spacial score (nSPS) is 15.8. The Kier molecular flexibility index (Phi) is 7.45. The molecule has 2 heterocycles. The van der Waals surface area contributed by atoms with Gasteiger partial charge in [-0.1, -0.05) is 24.3 Å². The Bertz CT molecular complexity index is 848. The molecule has 1 aromatic heterocycles. The molecule has 5 nitrogen and oxygen atoms in total. The molecule has 1 aliphatic heterocycles. The molecule has 6 heteroatoms. The average Bonchev–Trinajstić information content (AvgIpc) is 3.18. The van der Waals surface area contributed by atoms with Gasteiger partial charge in [-0.3, -0.25) is 9.59 Å². The number of nitrogens with zero attached hydrogens (tertiary/aromatic N) is 2. The van der Waals surface area contributed by atoms with Gasteiger partial charge in [0.25, 0.3) is 0 Å². The Morgan fingerprint density at radius 3 is 2.76 bits per heavy atom. The molecule has 0 spiro atoms. The number of rotatable bonds is 8. The predicted molar refractivity (Wildman–Crippen MR) is 116 cm³/mol. The van der Waals surface area contributed by atoms with Crippen LogP contribution < -0.4 is 0 Å². The summed E-state index contributed by atoms with van der Waals surface area (Å²) in [6, 6.07) is 10.3. The molecular weight excluding hydrogens is 384 g/mol. The number of carbonyl (C=O) groups excluding carboxylic acids is 2. The molecule has 0 fully saturated rings. The molecule has 2 amide bonds. The van der Waals surface area contributed by atoms with Gasteiger partial charge in [-0.2, -0.15) is 0 Å². The number of aryl methyl sites for hydroxylation is 1. The van der Waals surface area contributed by atoms with E-state index in [4.69, 9.17) is 4.74 Å². The Labute approximate surface area is 177 Å². The second-order valence-electron chi connectivity index (χ2n) is 7.39. The van der Waals surface area contributed by atoms with Gasteiger partial charge in [0, 0.05) is 38.1 Å². The fourth-order valence-electron chi connectivity index (χ4n) is 3.92. The zero-order chi connectivity index (χ0) is 20.8. The quantitative estimate of drug-likeness (QED) is 0.617. The zero-order valence-corrected chi connectivity index (χ0v) is 18.3. The third-order valence-corrected chi connectivity index (χ3v) is 6.46. The molecule has 156 valence electrons.